The van der Waals surface area contributed by atoms with Gasteiger partial charge in [-0.05, 0) is 0 Å². The lowest BCUT2D eigenvalue weighted by molar-refractivity contribution is -0.417. The van der Waals surface area contributed by atoms with Crippen molar-refractivity contribution in [3.63, 3.8) is 0 Å². The molecule has 6 heavy (non-hydrogen) atoms. The maximum absolute atomic E-state index is 4.35. The minimum atomic E-state index is 0.653. The van der Waals surface area contributed by atoms with E-state index in [1.807, 2.05) is 0 Å². The standard InChI is InChI=1S/B3H3O3/c1-2-4-6-5-3-1/h1-3H. The van der Waals surface area contributed by atoms with Crippen molar-refractivity contribution in [2.75, 3.05) is 0 Å². The molecule has 0 spiro atoms. The summed E-state index contributed by atoms with van der Waals surface area (Å²) in [5, 5.41) is 4.07. The van der Waals surface area contributed by atoms with E-state index >= 15 is 0 Å². The SMILES string of the molecule is B1BOOOB1. The first kappa shape index (κ1) is 4.24. The van der Waals surface area contributed by atoms with Crippen LogP contribution in [0.15, 0.2) is 0 Å². The zero-order chi connectivity index (χ0) is 4.24. The van der Waals surface area contributed by atoms with Gasteiger partial charge in [0.1, 0.15) is 7.06 Å². The lowest BCUT2D eigenvalue weighted by atomic mass is 9.32. The lowest BCUT2D eigenvalue weighted by Gasteiger charge is -2.04. The van der Waals surface area contributed by atoms with Crippen LogP contribution in [0, 0.1) is 0 Å². The predicted molar refractivity (Wildman–Crippen MR) is 24.7 cm³/mol. The fraction of sp³-hybridized carbons (Fsp3) is 0. The molecule has 1 heterocycles. The van der Waals surface area contributed by atoms with Gasteiger partial charge in [-0.15, -0.1) is 5.04 Å². The number of hydrogen-bond donors (Lipinski definition) is 0. The van der Waals surface area contributed by atoms with Crippen molar-refractivity contribution in [2.24, 2.45) is 0 Å². The third-order valence-electron chi connectivity index (χ3n) is 0.552. The molecule has 0 bridgehead atoms. The second kappa shape index (κ2) is 2.28. The Labute approximate surface area is 37.6 Å². The second-order valence-corrected chi connectivity index (χ2v) is 1.07. The molecule has 0 aromatic rings. The van der Waals surface area contributed by atoms with Gasteiger partial charge in [-0.1, -0.05) is 0 Å². The molecule has 0 N–H and O–H groups in total. The number of hydrogen-bond acceptors (Lipinski definition) is 3. The summed E-state index contributed by atoms with van der Waals surface area (Å²) in [6.07, 6.45) is 0. The molecule has 1 aliphatic heterocycles. The van der Waals surface area contributed by atoms with Crippen LogP contribution in [0.25, 0.3) is 0 Å². The maximum Gasteiger partial charge on any atom is 0.281 e. The van der Waals surface area contributed by atoms with Crippen LogP contribution in [-0.4, -0.2) is 21.8 Å². The Morgan fingerprint density at radius 1 is 1.00 bits per heavy atom. The summed E-state index contributed by atoms with van der Waals surface area (Å²) in [7, 11) is 2.24. The molecule has 0 aliphatic carbocycles. The Balaban J connectivity index is 2.00. The summed E-state index contributed by atoms with van der Waals surface area (Å²) >= 11 is 0. The third-order valence-corrected chi connectivity index (χ3v) is 0.552. The molecule has 0 atom stereocenters. The molecule has 6 heteroatoms. The summed E-state index contributed by atoms with van der Waals surface area (Å²) in [6.45, 7) is 0. The normalized spacial score (nSPS) is 20.0. The summed E-state index contributed by atoms with van der Waals surface area (Å²) in [5.41, 5.74) is 0. The van der Waals surface area contributed by atoms with Crippen LogP contribution in [0.2, 0.25) is 0 Å². The highest BCUT2D eigenvalue weighted by atomic mass is 17.5. The van der Waals surface area contributed by atoms with Gasteiger partial charge in [0, 0.05) is 0 Å². The quantitative estimate of drug-likeness (QED) is 0.247. The zero-order valence-electron chi connectivity index (χ0n) is 3.35. The van der Waals surface area contributed by atoms with E-state index in [-0.39, 0.29) is 0 Å². The average molecular weight is 83.5 g/mol. The molecule has 0 unspecified atom stereocenters. The minimum Gasteiger partial charge on any atom is -0.292 e. The third kappa shape index (κ3) is 1.04. The Morgan fingerprint density at radius 2 is 1.67 bits per heavy atom. The molecule has 0 radical (unpaired) electrons. The van der Waals surface area contributed by atoms with E-state index in [9.17, 15) is 0 Å². The van der Waals surface area contributed by atoms with E-state index in [1.54, 1.807) is 0 Å². The van der Waals surface area contributed by atoms with Gasteiger partial charge in [-0.2, -0.15) is 0 Å². The molecular formula is H3B3O3. The highest BCUT2D eigenvalue weighted by Gasteiger charge is 2.05. The molecule has 1 rings (SSSR count). The van der Waals surface area contributed by atoms with Crippen LogP contribution in [0.5, 0.6) is 0 Å². The zero-order valence-corrected chi connectivity index (χ0v) is 3.35. The molecule has 0 saturated carbocycles. The smallest absolute Gasteiger partial charge is 0.281 e. The van der Waals surface area contributed by atoms with Gasteiger partial charge in [0.2, 0.25) is 0 Å². The molecule has 1 fully saturated rings. The van der Waals surface area contributed by atoms with E-state index in [4.69, 9.17) is 0 Å². The Kier molecular flexibility index (Phi) is 1.61. The molecule has 30 valence electrons. The van der Waals surface area contributed by atoms with Crippen molar-refractivity contribution in [1.29, 1.82) is 0 Å². The molecule has 0 aromatic heterocycles. The van der Waals surface area contributed by atoms with Gasteiger partial charge in [0.25, 0.3) is 14.7 Å². The van der Waals surface area contributed by atoms with Crippen molar-refractivity contribution in [3.05, 3.63) is 0 Å². The fourth-order valence-electron chi connectivity index (χ4n) is 0.279. The average Bonchev–Trinajstić information content (AvgIpc) is 1.72. The van der Waals surface area contributed by atoms with Gasteiger partial charge in [-0.25, -0.2) is 0 Å². The van der Waals surface area contributed by atoms with Gasteiger partial charge >= 0.3 is 0 Å². The molecule has 0 aromatic carbocycles. The lowest BCUT2D eigenvalue weighted by Crippen LogP contribution is -2.25. The van der Waals surface area contributed by atoms with Crippen molar-refractivity contribution >= 4 is 21.8 Å². The summed E-state index contributed by atoms with van der Waals surface area (Å²) in [6, 6.07) is 0. The highest BCUT2D eigenvalue weighted by molar-refractivity contribution is 7.26. The van der Waals surface area contributed by atoms with Crippen LogP contribution in [0.4, 0.5) is 0 Å². The van der Waals surface area contributed by atoms with Crippen LogP contribution in [0.1, 0.15) is 0 Å². The maximum atomic E-state index is 4.35. The van der Waals surface area contributed by atoms with E-state index < -0.39 is 0 Å². The van der Waals surface area contributed by atoms with Gasteiger partial charge < -0.3 is 0 Å². The summed E-state index contributed by atoms with van der Waals surface area (Å²) < 4.78 is 0. The largest absolute Gasteiger partial charge is 0.292 e. The van der Waals surface area contributed by atoms with E-state index in [0.717, 1.165) is 7.06 Å². The van der Waals surface area contributed by atoms with Crippen LogP contribution >= 0.6 is 0 Å². The van der Waals surface area contributed by atoms with Crippen molar-refractivity contribution in [1.82, 2.24) is 0 Å². The predicted octanol–water partition coefficient (Wildman–Crippen LogP) is -2.15. The monoisotopic (exact) mass is 84.0 g/mol. The van der Waals surface area contributed by atoms with Crippen LogP contribution < -0.4 is 0 Å². The Bertz CT molecular complexity index is 21.5. The van der Waals surface area contributed by atoms with Crippen LogP contribution in [0.3, 0.4) is 0 Å². The first-order valence-corrected chi connectivity index (χ1v) is 1.91. The first-order chi connectivity index (χ1) is 3.00. The fourth-order valence-corrected chi connectivity index (χ4v) is 0.279. The first-order valence-electron chi connectivity index (χ1n) is 1.91. The van der Waals surface area contributed by atoms with E-state index in [0.29, 0.717) is 14.7 Å². The molecule has 1 aliphatic rings. The topological polar surface area (TPSA) is 27.7 Å². The van der Waals surface area contributed by atoms with Crippen molar-refractivity contribution in [3.8, 4) is 0 Å². The second-order valence-electron chi connectivity index (χ2n) is 1.07. The highest BCUT2D eigenvalue weighted by Crippen LogP contribution is 1.80. The van der Waals surface area contributed by atoms with Crippen LogP contribution in [-0.2, 0) is 14.6 Å². The van der Waals surface area contributed by atoms with Crippen molar-refractivity contribution < 1.29 is 14.6 Å². The molecule has 1 saturated heterocycles. The Hall–Kier alpha value is 0.0748. The van der Waals surface area contributed by atoms with Gasteiger partial charge in [0.15, 0.2) is 0 Å². The minimum absolute atomic E-state index is 0.653. The molecular weight excluding hydrogens is 80.4 g/mol. The molecule has 3 nitrogen and oxygen atoms in total. The summed E-state index contributed by atoms with van der Waals surface area (Å²) in [4.78, 5) is 8.69. The van der Waals surface area contributed by atoms with Gasteiger partial charge in [-0.3, -0.25) is 9.61 Å². The summed E-state index contributed by atoms with van der Waals surface area (Å²) in [5.74, 6) is 0. The Morgan fingerprint density at radius 3 is 1.83 bits per heavy atom. The molecule has 0 amide bonds. The van der Waals surface area contributed by atoms with E-state index in [1.165, 1.54) is 0 Å². The van der Waals surface area contributed by atoms with Crippen molar-refractivity contribution in [2.45, 2.75) is 0 Å². The van der Waals surface area contributed by atoms with Gasteiger partial charge in [0.05, 0.1) is 0 Å². The van der Waals surface area contributed by atoms with E-state index in [2.05, 4.69) is 14.6 Å². The number of rotatable bonds is 0.